The molecular weight excluding hydrogens is 206 g/mol. The Morgan fingerprint density at radius 1 is 0.750 bits per heavy atom. The number of alkyl halides is 2. The molecule has 4 unspecified atom stereocenters. The smallest absolute Gasteiger partial charge is 0.134 e. The second kappa shape index (κ2) is 7.24. The van der Waals surface area contributed by atoms with Gasteiger partial charge in [0.2, 0.25) is 0 Å². The van der Waals surface area contributed by atoms with Crippen molar-refractivity contribution in [2.75, 3.05) is 0 Å². The first-order valence-corrected chi connectivity index (χ1v) is 6.55. The lowest BCUT2D eigenvalue weighted by molar-refractivity contribution is 0.0602. The fraction of sp³-hybridized carbons (Fsp3) is 1.00. The van der Waals surface area contributed by atoms with Crippen molar-refractivity contribution in [3.8, 4) is 0 Å². The van der Waals surface area contributed by atoms with Gasteiger partial charge < -0.3 is 0 Å². The molecule has 0 spiro atoms. The minimum absolute atomic E-state index is 0.184. The zero-order valence-electron chi connectivity index (χ0n) is 11.6. The third kappa shape index (κ3) is 5.27. The Hall–Kier alpha value is -0.140. The van der Waals surface area contributed by atoms with Gasteiger partial charge in [-0.15, -0.1) is 0 Å². The van der Waals surface area contributed by atoms with Gasteiger partial charge in [-0.1, -0.05) is 54.4 Å². The van der Waals surface area contributed by atoms with Gasteiger partial charge in [0.15, 0.2) is 0 Å². The summed E-state index contributed by atoms with van der Waals surface area (Å²) in [4.78, 5) is 0. The molecule has 0 fully saturated rings. The van der Waals surface area contributed by atoms with Crippen LogP contribution in [0, 0.1) is 23.7 Å². The standard InChI is InChI=1S/C14H28F2/c1-9(2)7-8-11(5)12(6)14(16)13(15)10(3)4/h9-14H,7-8H2,1-6H3. The van der Waals surface area contributed by atoms with Crippen LogP contribution in [0.5, 0.6) is 0 Å². The molecule has 98 valence electrons. The molecule has 0 aliphatic rings. The minimum atomic E-state index is -1.32. The monoisotopic (exact) mass is 234 g/mol. The van der Waals surface area contributed by atoms with E-state index < -0.39 is 12.3 Å². The van der Waals surface area contributed by atoms with Crippen molar-refractivity contribution in [1.82, 2.24) is 0 Å². The predicted octanol–water partition coefficient (Wildman–Crippen LogP) is 5.03. The maximum Gasteiger partial charge on any atom is 0.134 e. The van der Waals surface area contributed by atoms with E-state index >= 15 is 0 Å². The van der Waals surface area contributed by atoms with E-state index in [0.717, 1.165) is 12.8 Å². The molecule has 16 heavy (non-hydrogen) atoms. The predicted molar refractivity (Wildman–Crippen MR) is 67.0 cm³/mol. The molecule has 0 aromatic rings. The molecule has 4 atom stereocenters. The van der Waals surface area contributed by atoms with Crippen LogP contribution in [0.4, 0.5) is 8.78 Å². The van der Waals surface area contributed by atoms with Crippen molar-refractivity contribution in [3.05, 3.63) is 0 Å². The fourth-order valence-corrected chi connectivity index (χ4v) is 1.83. The summed E-state index contributed by atoms with van der Waals surface area (Å²) in [5.74, 6) is 0.485. The van der Waals surface area contributed by atoms with Crippen LogP contribution in [0.1, 0.15) is 54.4 Å². The first-order valence-electron chi connectivity index (χ1n) is 6.55. The Labute approximate surface area is 99.8 Å². The molecule has 0 aromatic carbocycles. The molecule has 0 heterocycles. The largest absolute Gasteiger partial charge is 0.244 e. The lowest BCUT2D eigenvalue weighted by Gasteiger charge is -2.27. The van der Waals surface area contributed by atoms with Gasteiger partial charge in [-0.25, -0.2) is 8.78 Å². The van der Waals surface area contributed by atoms with E-state index in [1.165, 1.54) is 0 Å². The van der Waals surface area contributed by atoms with E-state index in [4.69, 9.17) is 0 Å². The lowest BCUT2D eigenvalue weighted by atomic mass is 9.83. The molecule has 0 saturated carbocycles. The van der Waals surface area contributed by atoms with Gasteiger partial charge in [-0.2, -0.15) is 0 Å². The molecule has 2 heteroatoms. The highest BCUT2D eigenvalue weighted by atomic mass is 19.2. The van der Waals surface area contributed by atoms with Crippen LogP contribution in [-0.2, 0) is 0 Å². The van der Waals surface area contributed by atoms with Crippen LogP contribution < -0.4 is 0 Å². The fourth-order valence-electron chi connectivity index (χ4n) is 1.83. The number of rotatable bonds is 7. The van der Waals surface area contributed by atoms with Crippen molar-refractivity contribution in [2.24, 2.45) is 23.7 Å². The van der Waals surface area contributed by atoms with Crippen LogP contribution in [0.15, 0.2) is 0 Å². The summed E-state index contributed by atoms with van der Waals surface area (Å²) in [6.45, 7) is 11.7. The van der Waals surface area contributed by atoms with Gasteiger partial charge in [-0.05, 0) is 23.7 Å². The zero-order chi connectivity index (χ0) is 12.9. The second-order valence-electron chi connectivity index (χ2n) is 5.94. The van der Waals surface area contributed by atoms with Crippen molar-refractivity contribution in [1.29, 1.82) is 0 Å². The molecule has 0 bridgehead atoms. The molecule has 0 radical (unpaired) electrons. The molecule has 0 aliphatic carbocycles. The molecule has 0 rings (SSSR count). The summed E-state index contributed by atoms with van der Waals surface area (Å²) in [5, 5.41) is 0. The maximum atomic E-state index is 13.8. The Balaban J connectivity index is 4.15. The van der Waals surface area contributed by atoms with Gasteiger partial charge in [0.05, 0.1) is 0 Å². The highest BCUT2D eigenvalue weighted by molar-refractivity contribution is 4.79. The zero-order valence-corrected chi connectivity index (χ0v) is 11.6. The van der Waals surface area contributed by atoms with E-state index in [1.807, 2.05) is 13.8 Å². The SMILES string of the molecule is CC(C)CCC(C)C(C)C(F)C(F)C(C)C. The number of hydrogen-bond acceptors (Lipinski definition) is 0. The second-order valence-corrected chi connectivity index (χ2v) is 5.94. The number of hydrogen-bond donors (Lipinski definition) is 0. The maximum absolute atomic E-state index is 13.8. The number of halogens is 2. The lowest BCUT2D eigenvalue weighted by Crippen LogP contribution is -2.32. The molecule has 0 aliphatic heterocycles. The van der Waals surface area contributed by atoms with Crippen molar-refractivity contribution < 1.29 is 8.78 Å². The molecule has 0 nitrogen and oxygen atoms in total. The van der Waals surface area contributed by atoms with Crippen LogP contribution in [-0.4, -0.2) is 12.3 Å². The third-order valence-electron chi connectivity index (χ3n) is 3.54. The van der Waals surface area contributed by atoms with Crippen LogP contribution >= 0.6 is 0 Å². The summed E-state index contributed by atoms with van der Waals surface area (Å²) >= 11 is 0. The third-order valence-corrected chi connectivity index (χ3v) is 3.54. The van der Waals surface area contributed by atoms with Crippen molar-refractivity contribution in [3.63, 3.8) is 0 Å². The van der Waals surface area contributed by atoms with Gasteiger partial charge in [0, 0.05) is 0 Å². The van der Waals surface area contributed by atoms with Gasteiger partial charge >= 0.3 is 0 Å². The Morgan fingerprint density at radius 3 is 1.62 bits per heavy atom. The quantitative estimate of drug-likeness (QED) is 0.579. The van der Waals surface area contributed by atoms with E-state index in [0.29, 0.717) is 5.92 Å². The van der Waals surface area contributed by atoms with E-state index in [1.54, 1.807) is 13.8 Å². The first-order chi connectivity index (χ1) is 7.27. The van der Waals surface area contributed by atoms with E-state index in [-0.39, 0.29) is 17.8 Å². The summed E-state index contributed by atoms with van der Waals surface area (Å²) in [5.41, 5.74) is 0. The Bertz CT molecular complexity index is 178. The molecule has 0 saturated heterocycles. The average Bonchev–Trinajstić information content (AvgIpc) is 2.22. The van der Waals surface area contributed by atoms with Crippen LogP contribution in [0.3, 0.4) is 0 Å². The van der Waals surface area contributed by atoms with Crippen LogP contribution in [0.25, 0.3) is 0 Å². The summed E-state index contributed by atoms with van der Waals surface area (Å²) < 4.78 is 27.4. The first kappa shape index (κ1) is 15.9. The molecule has 0 aromatic heterocycles. The molecule has 0 amide bonds. The highest BCUT2D eigenvalue weighted by Gasteiger charge is 2.31. The summed E-state index contributed by atoms with van der Waals surface area (Å²) in [7, 11) is 0. The Kier molecular flexibility index (Phi) is 7.17. The van der Waals surface area contributed by atoms with E-state index in [9.17, 15) is 8.78 Å². The summed E-state index contributed by atoms with van der Waals surface area (Å²) in [6, 6.07) is 0. The summed E-state index contributed by atoms with van der Waals surface area (Å²) in [6.07, 6.45) is -0.556. The van der Waals surface area contributed by atoms with Crippen molar-refractivity contribution in [2.45, 2.75) is 66.7 Å². The van der Waals surface area contributed by atoms with E-state index in [2.05, 4.69) is 13.8 Å². The highest BCUT2D eigenvalue weighted by Crippen LogP contribution is 2.29. The normalized spacial score (nSPS) is 19.9. The average molecular weight is 234 g/mol. The topological polar surface area (TPSA) is 0 Å². The van der Waals surface area contributed by atoms with Gasteiger partial charge in [0.1, 0.15) is 12.3 Å². The Morgan fingerprint density at radius 2 is 1.25 bits per heavy atom. The molecular formula is C14H28F2. The minimum Gasteiger partial charge on any atom is -0.244 e. The van der Waals surface area contributed by atoms with Gasteiger partial charge in [0.25, 0.3) is 0 Å². The molecule has 0 N–H and O–H groups in total. The van der Waals surface area contributed by atoms with Crippen molar-refractivity contribution >= 4 is 0 Å². The van der Waals surface area contributed by atoms with Crippen LogP contribution in [0.2, 0.25) is 0 Å². The van der Waals surface area contributed by atoms with Gasteiger partial charge in [-0.3, -0.25) is 0 Å².